The van der Waals surface area contributed by atoms with E-state index in [0.29, 0.717) is 9.87 Å². The van der Waals surface area contributed by atoms with E-state index in [2.05, 4.69) is 0 Å². The molecule has 0 aromatic heterocycles. The number of hydrogen-bond acceptors (Lipinski definition) is 4. The maximum atomic E-state index is 12.5. The number of aryl methyl sites for hydroxylation is 2. The minimum atomic E-state index is -4.16. The normalized spacial score (nSPS) is 12.3. The zero-order valence-corrected chi connectivity index (χ0v) is 12.1. The van der Waals surface area contributed by atoms with E-state index in [1.165, 1.54) is 12.1 Å². The highest BCUT2D eigenvalue weighted by Crippen LogP contribution is 2.26. The van der Waals surface area contributed by atoms with Crippen LogP contribution in [0.4, 0.5) is 14.5 Å². The summed E-state index contributed by atoms with van der Waals surface area (Å²) in [4.78, 5) is -0.213. The zero-order valence-electron chi connectivity index (χ0n) is 11.3. The molecule has 0 aliphatic rings. The van der Waals surface area contributed by atoms with E-state index in [4.69, 9.17) is 10.8 Å². The lowest BCUT2D eigenvalue weighted by atomic mass is 10.1. The van der Waals surface area contributed by atoms with E-state index < -0.39 is 36.1 Å². The average molecular weight is 308 g/mol. The van der Waals surface area contributed by atoms with Gasteiger partial charge in [-0.25, -0.2) is 17.2 Å². The fraction of sp³-hybridized carbons (Fsp3) is 0.500. The smallest absolute Gasteiger partial charge is 0.252 e. The van der Waals surface area contributed by atoms with Gasteiger partial charge in [0.05, 0.1) is 18.8 Å². The van der Waals surface area contributed by atoms with E-state index in [0.717, 1.165) is 5.56 Å². The number of rotatable bonds is 6. The van der Waals surface area contributed by atoms with Crippen LogP contribution in [0.5, 0.6) is 0 Å². The third-order valence-electron chi connectivity index (χ3n) is 2.94. The van der Waals surface area contributed by atoms with Crippen molar-refractivity contribution >= 4 is 15.7 Å². The lowest BCUT2D eigenvalue weighted by Crippen LogP contribution is -2.37. The van der Waals surface area contributed by atoms with Crippen molar-refractivity contribution in [2.45, 2.75) is 25.2 Å². The highest BCUT2D eigenvalue weighted by Gasteiger charge is 2.28. The molecule has 1 aromatic rings. The van der Waals surface area contributed by atoms with Crippen LogP contribution >= 0.6 is 0 Å². The maximum Gasteiger partial charge on any atom is 0.252 e. The minimum absolute atomic E-state index is 0.00491. The summed E-state index contributed by atoms with van der Waals surface area (Å²) in [6.07, 6.45) is -2.83. The number of sulfonamides is 1. The Hall–Kier alpha value is -1.25. The van der Waals surface area contributed by atoms with Gasteiger partial charge in [-0.1, -0.05) is 0 Å². The predicted octanol–water partition coefficient (Wildman–Crippen LogP) is 1.13. The molecule has 0 radical (unpaired) electrons. The van der Waals surface area contributed by atoms with Crippen LogP contribution < -0.4 is 5.73 Å². The largest absolute Gasteiger partial charge is 0.398 e. The third-order valence-corrected chi connectivity index (χ3v) is 4.86. The molecule has 0 fully saturated rings. The van der Waals surface area contributed by atoms with E-state index >= 15 is 0 Å². The number of anilines is 1. The van der Waals surface area contributed by atoms with Crippen LogP contribution in [-0.4, -0.2) is 44.0 Å². The van der Waals surface area contributed by atoms with Gasteiger partial charge < -0.3 is 10.8 Å². The molecule has 0 amide bonds. The second-order valence-corrected chi connectivity index (χ2v) is 6.36. The maximum absolute atomic E-state index is 12.5. The fourth-order valence-electron chi connectivity index (χ4n) is 1.75. The van der Waals surface area contributed by atoms with Gasteiger partial charge in [-0.2, -0.15) is 4.31 Å². The molecule has 8 heteroatoms. The number of benzene rings is 1. The SMILES string of the molecule is Cc1cc(N)c(S(=O)(=O)N(CCO)CC(F)F)cc1C. The number of nitrogens with two attached hydrogens (primary N) is 1. The first-order valence-corrected chi connectivity index (χ1v) is 7.40. The second-order valence-electron chi connectivity index (χ2n) is 4.45. The van der Waals surface area contributed by atoms with Gasteiger partial charge in [-0.3, -0.25) is 0 Å². The van der Waals surface area contributed by atoms with Crippen molar-refractivity contribution in [3.63, 3.8) is 0 Å². The van der Waals surface area contributed by atoms with Gasteiger partial charge in [-0.15, -0.1) is 0 Å². The molecule has 1 rings (SSSR count). The van der Waals surface area contributed by atoms with Gasteiger partial charge in [0, 0.05) is 6.54 Å². The molecule has 0 saturated carbocycles. The van der Waals surface area contributed by atoms with Crippen LogP contribution in [0.3, 0.4) is 0 Å². The van der Waals surface area contributed by atoms with Gasteiger partial charge in [0.2, 0.25) is 10.0 Å². The molecule has 3 N–H and O–H groups in total. The summed E-state index contributed by atoms with van der Waals surface area (Å²) in [5, 5.41) is 8.85. The Morgan fingerprint density at radius 2 is 1.85 bits per heavy atom. The Kier molecular flexibility index (Phi) is 5.43. The second kappa shape index (κ2) is 6.47. The van der Waals surface area contributed by atoms with Crippen LogP contribution in [0, 0.1) is 13.8 Å². The Bertz CT molecular complexity index is 576. The van der Waals surface area contributed by atoms with Crippen molar-refractivity contribution in [1.29, 1.82) is 0 Å². The molecule has 0 aliphatic carbocycles. The summed E-state index contributed by atoms with van der Waals surface area (Å²) in [7, 11) is -4.16. The van der Waals surface area contributed by atoms with Crippen LogP contribution in [0.1, 0.15) is 11.1 Å². The van der Waals surface area contributed by atoms with Gasteiger partial charge in [0.25, 0.3) is 6.43 Å². The van der Waals surface area contributed by atoms with E-state index in [-0.39, 0.29) is 10.6 Å². The quantitative estimate of drug-likeness (QED) is 0.772. The molecule has 0 spiro atoms. The summed E-state index contributed by atoms with van der Waals surface area (Å²) in [6, 6.07) is 2.84. The van der Waals surface area contributed by atoms with Crippen molar-refractivity contribution in [3.8, 4) is 0 Å². The van der Waals surface area contributed by atoms with E-state index in [1.54, 1.807) is 13.8 Å². The van der Waals surface area contributed by atoms with Crippen molar-refractivity contribution in [2.75, 3.05) is 25.4 Å². The number of hydrogen-bond donors (Lipinski definition) is 2. The number of halogens is 2. The van der Waals surface area contributed by atoms with E-state index in [1.807, 2.05) is 0 Å². The van der Waals surface area contributed by atoms with E-state index in [9.17, 15) is 17.2 Å². The Morgan fingerprint density at radius 3 is 2.35 bits per heavy atom. The molecular weight excluding hydrogens is 290 g/mol. The van der Waals surface area contributed by atoms with Crippen molar-refractivity contribution in [2.24, 2.45) is 0 Å². The van der Waals surface area contributed by atoms with Crippen LogP contribution in [0.25, 0.3) is 0 Å². The molecule has 0 heterocycles. The van der Waals surface area contributed by atoms with Crippen LogP contribution in [-0.2, 0) is 10.0 Å². The molecule has 0 atom stereocenters. The monoisotopic (exact) mass is 308 g/mol. The first kappa shape index (κ1) is 16.8. The lowest BCUT2D eigenvalue weighted by Gasteiger charge is -2.22. The first-order valence-electron chi connectivity index (χ1n) is 5.96. The number of nitrogen functional groups attached to an aromatic ring is 1. The molecule has 0 saturated heterocycles. The Morgan fingerprint density at radius 1 is 1.30 bits per heavy atom. The summed E-state index contributed by atoms with van der Waals surface area (Å²) >= 11 is 0. The number of aliphatic hydroxyl groups excluding tert-OH is 1. The summed E-state index contributed by atoms with van der Waals surface area (Å²) in [6.45, 7) is 1.55. The molecule has 114 valence electrons. The van der Waals surface area contributed by atoms with Gasteiger partial charge >= 0.3 is 0 Å². The summed E-state index contributed by atoms with van der Waals surface area (Å²) < 4.78 is 50.2. The third kappa shape index (κ3) is 3.65. The van der Waals surface area contributed by atoms with Crippen molar-refractivity contribution in [3.05, 3.63) is 23.3 Å². The molecule has 5 nitrogen and oxygen atoms in total. The van der Waals surface area contributed by atoms with Crippen LogP contribution in [0.15, 0.2) is 17.0 Å². The van der Waals surface area contributed by atoms with Crippen LogP contribution in [0.2, 0.25) is 0 Å². The molecule has 0 bridgehead atoms. The number of aliphatic hydroxyl groups is 1. The van der Waals surface area contributed by atoms with Crippen molar-refractivity contribution in [1.82, 2.24) is 4.31 Å². The molecule has 0 unspecified atom stereocenters. The fourth-order valence-corrected chi connectivity index (χ4v) is 3.34. The van der Waals surface area contributed by atoms with Gasteiger partial charge in [0.1, 0.15) is 4.90 Å². The molecule has 1 aromatic carbocycles. The highest BCUT2D eigenvalue weighted by molar-refractivity contribution is 7.89. The van der Waals surface area contributed by atoms with Crippen molar-refractivity contribution < 1.29 is 22.3 Å². The zero-order chi connectivity index (χ0) is 15.5. The summed E-state index contributed by atoms with van der Waals surface area (Å²) in [5.41, 5.74) is 7.19. The Balaban J connectivity index is 3.29. The topological polar surface area (TPSA) is 83.6 Å². The molecular formula is C12H18F2N2O3S. The van der Waals surface area contributed by atoms with Gasteiger partial charge in [0.15, 0.2) is 0 Å². The standard InChI is InChI=1S/C12H18F2N2O3S/c1-8-5-10(15)11(6-9(8)2)20(18,19)16(3-4-17)7-12(13)14/h5-6,12,17H,3-4,7,15H2,1-2H3. The Labute approximate surface area is 117 Å². The average Bonchev–Trinajstić information content (AvgIpc) is 2.32. The van der Waals surface area contributed by atoms with Gasteiger partial charge in [-0.05, 0) is 37.1 Å². The first-order chi connectivity index (χ1) is 9.20. The predicted molar refractivity (Wildman–Crippen MR) is 72.2 cm³/mol. The summed E-state index contributed by atoms with van der Waals surface area (Å²) in [5.74, 6) is 0. The minimum Gasteiger partial charge on any atom is -0.398 e. The lowest BCUT2D eigenvalue weighted by molar-refractivity contribution is 0.113. The number of alkyl halides is 2. The molecule has 0 aliphatic heterocycles. The molecule has 20 heavy (non-hydrogen) atoms. The number of nitrogens with zero attached hydrogens (tertiary/aromatic N) is 1. The highest BCUT2D eigenvalue weighted by atomic mass is 32.2.